The fourth-order valence-electron chi connectivity index (χ4n) is 3.39. The van der Waals surface area contributed by atoms with Gasteiger partial charge in [0.2, 0.25) is 0 Å². The summed E-state index contributed by atoms with van der Waals surface area (Å²) >= 11 is 0. The molecule has 0 aromatic heterocycles. The molecule has 1 aromatic carbocycles. The van der Waals surface area contributed by atoms with Crippen LogP contribution in [0.2, 0.25) is 0 Å². The van der Waals surface area contributed by atoms with E-state index in [4.69, 9.17) is 14.0 Å². The van der Waals surface area contributed by atoms with Crippen molar-refractivity contribution in [2.75, 3.05) is 6.61 Å². The molecule has 1 unspecified atom stereocenters. The number of benzene rings is 1. The first-order chi connectivity index (χ1) is 10.4. The summed E-state index contributed by atoms with van der Waals surface area (Å²) in [4.78, 5) is 0. The first-order valence-corrected chi connectivity index (χ1v) is 7.43. The molecule has 3 N–H and O–H groups in total. The highest BCUT2D eigenvalue weighted by Crippen LogP contribution is 2.30. The molecular formula is C15H21BO6. The fourth-order valence-corrected chi connectivity index (χ4v) is 3.39. The van der Waals surface area contributed by atoms with Crippen LogP contribution in [0.15, 0.2) is 12.1 Å². The van der Waals surface area contributed by atoms with Crippen LogP contribution in [0.3, 0.4) is 0 Å². The monoisotopic (exact) mass is 308 g/mol. The van der Waals surface area contributed by atoms with Crippen LogP contribution >= 0.6 is 0 Å². The van der Waals surface area contributed by atoms with E-state index in [0.29, 0.717) is 0 Å². The second-order valence-corrected chi connectivity index (χ2v) is 6.08. The van der Waals surface area contributed by atoms with Crippen molar-refractivity contribution >= 4 is 12.6 Å². The van der Waals surface area contributed by atoms with Gasteiger partial charge in [-0.2, -0.15) is 0 Å². The van der Waals surface area contributed by atoms with E-state index in [1.807, 2.05) is 32.9 Å². The summed E-state index contributed by atoms with van der Waals surface area (Å²) in [5.41, 5.74) is 4.07. The van der Waals surface area contributed by atoms with Crippen molar-refractivity contribution in [1.82, 2.24) is 0 Å². The van der Waals surface area contributed by atoms with Crippen molar-refractivity contribution in [3.63, 3.8) is 0 Å². The third-order valence-electron chi connectivity index (χ3n) is 4.35. The van der Waals surface area contributed by atoms with Crippen molar-refractivity contribution in [1.29, 1.82) is 0 Å². The maximum Gasteiger partial charge on any atom is 0.495 e. The van der Waals surface area contributed by atoms with E-state index in [2.05, 4.69) is 0 Å². The van der Waals surface area contributed by atoms with E-state index in [0.717, 1.165) is 22.2 Å². The lowest BCUT2D eigenvalue weighted by molar-refractivity contribution is -0.297. The summed E-state index contributed by atoms with van der Waals surface area (Å²) in [6.45, 7) is 5.62. The van der Waals surface area contributed by atoms with Crippen molar-refractivity contribution in [2.24, 2.45) is 0 Å². The molecule has 2 heterocycles. The molecule has 2 aliphatic heterocycles. The van der Waals surface area contributed by atoms with Crippen LogP contribution in [0.25, 0.3) is 0 Å². The van der Waals surface area contributed by atoms with Gasteiger partial charge >= 0.3 is 7.12 Å². The molecule has 6 nitrogen and oxygen atoms in total. The molecule has 5 atom stereocenters. The lowest BCUT2D eigenvalue weighted by Gasteiger charge is -2.48. The number of aliphatic hydroxyl groups is 3. The average molecular weight is 308 g/mol. The van der Waals surface area contributed by atoms with Crippen molar-refractivity contribution in [3.8, 4) is 0 Å². The van der Waals surface area contributed by atoms with E-state index >= 15 is 0 Å². The number of aryl methyl sites for hydroxylation is 3. The highest BCUT2D eigenvalue weighted by atomic mass is 16.7. The minimum atomic E-state index is -1.29. The zero-order chi connectivity index (χ0) is 16.0. The smallest absolute Gasteiger partial charge is 0.399 e. The summed E-state index contributed by atoms with van der Waals surface area (Å²) in [7, 11) is -0.702. The van der Waals surface area contributed by atoms with Gasteiger partial charge in [-0.05, 0) is 26.2 Å². The molecule has 2 bridgehead atoms. The van der Waals surface area contributed by atoms with Crippen molar-refractivity contribution in [3.05, 3.63) is 28.8 Å². The molecule has 0 spiro atoms. The Morgan fingerprint density at radius 2 is 1.64 bits per heavy atom. The third kappa shape index (κ3) is 2.58. The van der Waals surface area contributed by atoms with Crippen LogP contribution < -0.4 is 5.46 Å². The van der Waals surface area contributed by atoms with E-state index in [-0.39, 0.29) is 6.61 Å². The second kappa shape index (κ2) is 5.92. The Hall–Kier alpha value is -0.955. The highest BCUT2D eigenvalue weighted by Gasteiger charge is 2.53. The standard InChI is InChI=1S/C15H21BO6/c1-7-4-8(2)11(9(3)5-7)16-21-13-10(6-17)20-15(19)14(22-16)12(13)18/h4-5,10,12-15,17-19H,6H2,1-3H3/t10-,12+,13-,14-,15?/m1/s1. The number of aliphatic hydroxyl groups excluding tert-OH is 3. The summed E-state index contributed by atoms with van der Waals surface area (Å²) in [5.74, 6) is 0. The summed E-state index contributed by atoms with van der Waals surface area (Å²) < 4.78 is 16.8. The Morgan fingerprint density at radius 3 is 2.23 bits per heavy atom. The number of hydrogen-bond donors (Lipinski definition) is 3. The lowest BCUT2D eigenvalue weighted by atomic mass is 9.70. The van der Waals surface area contributed by atoms with Crippen LogP contribution in [0.4, 0.5) is 0 Å². The molecule has 2 fully saturated rings. The first-order valence-electron chi connectivity index (χ1n) is 7.43. The van der Waals surface area contributed by atoms with Gasteiger partial charge in [-0.3, -0.25) is 0 Å². The molecule has 0 saturated carbocycles. The zero-order valence-electron chi connectivity index (χ0n) is 12.9. The fraction of sp³-hybridized carbons (Fsp3) is 0.600. The van der Waals surface area contributed by atoms with Crippen LogP contribution in [-0.4, -0.2) is 59.8 Å². The lowest BCUT2D eigenvalue weighted by Crippen LogP contribution is -2.68. The van der Waals surface area contributed by atoms with E-state index < -0.39 is 37.8 Å². The molecule has 0 radical (unpaired) electrons. The van der Waals surface area contributed by atoms with Crippen LogP contribution in [0.1, 0.15) is 16.7 Å². The van der Waals surface area contributed by atoms with Crippen molar-refractivity contribution in [2.45, 2.75) is 51.5 Å². The Kier molecular flexibility index (Phi) is 4.28. The van der Waals surface area contributed by atoms with Gasteiger partial charge in [-0.15, -0.1) is 0 Å². The predicted molar refractivity (Wildman–Crippen MR) is 79.8 cm³/mol. The maximum absolute atomic E-state index is 10.2. The molecular weight excluding hydrogens is 287 g/mol. The Labute approximate surface area is 129 Å². The maximum atomic E-state index is 10.2. The molecule has 7 heteroatoms. The quantitative estimate of drug-likeness (QED) is 0.618. The number of rotatable bonds is 2. The van der Waals surface area contributed by atoms with Gasteiger partial charge in [0, 0.05) is 0 Å². The van der Waals surface area contributed by atoms with Gasteiger partial charge in [0.25, 0.3) is 0 Å². The third-order valence-corrected chi connectivity index (χ3v) is 4.35. The summed E-state index contributed by atoms with van der Waals surface area (Å²) in [5, 5.41) is 29.5. The molecule has 2 saturated heterocycles. The largest absolute Gasteiger partial charge is 0.495 e. The highest BCUT2D eigenvalue weighted by molar-refractivity contribution is 6.62. The number of fused-ring (bicyclic) bond motifs is 2. The van der Waals surface area contributed by atoms with Gasteiger partial charge in [0.05, 0.1) is 6.61 Å². The molecule has 0 amide bonds. The van der Waals surface area contributed by atoms with E-state index in [1.54, 1.807) is 0 Å². The van der Waals surface area contributed by atoms with E-state index in [9.17, 15) is 15.3 Å². The van der Waals surface area contributed by atoms with Gasteiger partial charge in [0.15, 0.2) is 6.29 Å². The topological polar surface area (TPSA) is 88.4 Å². The van der Waals surface area contributed by atoms with Crippen LogP contribution in [0.5, 0.6) is 0 Å². The molecule has 1 aromatic rings. The van der Waals surface area contributed by atoms with Gasteiger partial charge < -0.3 is 29.4 Å². The predicted octanol–water partition coefficient (Wildman–Crippen LogP) is -0.839. The SMILES string of the molecule is Cc1cc(C)c(B2O[C@H]3[C@H](O)[C@@H](O2)C(O)O[C@@H]3CO)c(C)c1. The van der Waals surface area contributed by atoms with Gasteiger partial charge in [0.1, 0.15) is 24.4 Å². The first kappa shape index (κ1) is 15.9. The molecule has 2 aliphatic rings. The molecule has 0 aliphatic carbocycles. The molecule has 3 rings (SSSR count). The van der Waals surface area contributed by atoms with Crippen LogP contribution in [0, 0.1) is 20.8 Å². The molecule has 120 valence electrons. The van der Waals surface area contributed by atoms with Crippen LogP contribution in [-0.2, 0) is 14.0 Å². The van der Waals surface area contributed by atoms with Gasteiger partial charge in [-0.1, -0.05) is 28.8 Å². The Morgan fingerprint density at radius 1 is 1.05 bits per heavy atom. The number of hydrogen-bond acceptors (Lipinski definition) is 6. The van der Waals surface area contributed by atoms with Crippen molar-refractivity contribution < 1.29 is 29.4 Å². The van der Waals surface area contributed by atoms with Gasteiger partial charge in [-0.25, -0.2) is 0 Å². The Balaban J connectivity index is 1.94. The normalized spacial score (nSPS) is 34.8. The summed E-state index contributed by atoms with van der Waals surface area (Å²) in [6, 6.07) is 4.07. The minimum Gasteiger partial charge on any atom is -0.399 e. The molecule has 22 heavy (non-hydrogen) atoms. The Bertz CT molecular complexity index is 540. The average Bonchev–Trinajstić information content (AvgIpc) is 2.43. The minimum absolute atomic E-state index is 0.343. The number of ether oxygens (including phenoxy) is 1. The van der Waals surface area contributed by atoms with E-state index in [1.165, 1.54) is 0 Å². The zero-order valence-corrected chi connectivity index (χ0v) is 12.9. The second-order valence-electron chi connectivity index (χ2n) is 6.08. The summed E-state index contributed by atoms with van der Waals surface area (Å²) in [6.07, 6.45) is -4.74.